The second-order valence-electron chi connectivity index (χ2n) is 5.42. The molecule has 4 nitrogen and oxygen atoms in total. The summed E-state index contributed by atoms with van der Waals surface area (Å²) in [6.07, 6.45) is -2.64. The summed E-state index contributed by atoms with van der Waals surface area (Å²) < 4.78 is 35.1. The molecule has 0 aromatic carbocycles. The smallest absolute Gasteiger partial charge is 0.341 e. The molecule has 0 bridgehead atoms. The summed E-state index contributed by atoms with van der Waals surface area (Å²) in [7, 11) is 0. The molecule has 0 amide bonds. The molecule has 2 aliphatic heterocycles. The van der Waals surface area contributed by atoms with Gasteiger partial charge in [-0.25, -0.2) is 13.6 Å². The first-order valence-corrected chi connectivity index (χ1v) is 7.15. The Morgan fingerprint density at radius 1 is 1.10 bits per heavy atom. The van der Waals surface area contributed by atoms with Gasteiger partial charge < -0.3 is 14.6 Å². The van der Waals surface area contributed by atoms with Crippen molar-refractivity contribution in [3.8, 4) is 0 Å². The summed E-state index contributed by atoms with van der Waals surface area (Å²) in [5, 5.41) is 8.87. The van der Waals surface area contributed by atoms with Crippen LogP contribution < -0.4 is 0 Å². The van der Waals surface area contributed by atoms with Gasteiger partial charge in [-0.1, -0.05) is 27.7 Å². The Morgan fingerprint density at radius 3 is 1.85 bits per heavy atom. The first-order valence-electron chi connectivity index (χ1n) is 7.15. The third kappa shape index (κ3) is 3.67. The van der Waals surface area contributed by atoms with E-state index in [0.29, 0.717) is 6.42 Å². The van der Waals surface area contributed by atoms with Crippen molar-refractivity contribution in [3.05, 3.63) is 0 Å². The molecule has 20 heavy (non-hydrogen) atoms. The molecule has 0 aromatic heterocycles. The van der Waals surface area contributed by atoms with Crippen molar-refractivity contribution in [2.24, 2.45) is 11.8 Å². The maximum atomic E-state index is 12.8. The third-order valence-electron chi connectivity index (χ3n) is 4.02. The molecule has 7 atom stereocenters. The average Bonchev–Trinajstić information content (AvgIpc) is 2.84. The Morgan fingerprint density at radius 2 is 1.65 bits per heavy atom. The largest absolute Gasteiger partial charge is 0.460 e. The second-order valence-corrected chi connectivity index (χ2v) is 5.42. The number of cyclic esters (lactones) is 1. The SMILES string of the molecule is CC[C@H]1OC(=O)[C@H](F)[C@@H]1C.CC[C@H]1OC(O)[C@H](F)[C@@H]1C. The van der Waals surface area contributed by atoms with Gasteiger partial charge in [-0.3, -0.25) is 0 Å². The first kappa shape index (κ1) is 17.3. The van der Waals surface area contributed by atoms with Crippen molar-refractivity contribution < 1.29 is 28.2 Å². The summed E-state index contributed by atoms with van der Waals surface area (Å²) in [6, 6.07) is 0. The highest BCUT2D eigenvalue weighted by Gasteiger charge is 2.41. The molecule has 118 valence electrons. The van der Waals surface area contributed by atoms with Crippen LogP contribution in [0.1, 0.15) is 40.5 Å². The number of alkyl halides is 2. The molecule has 2 aliphatic rings. The van der Waals surface area contributed by atoms with Gasteiger partial charge in [0.2, 0.25) is 6.17 Å². The van der Waals surface area contributed by atoms with Crippen LogP contribution in [-0.4, -0.2) is 41.9 Å². The molecule has 1 unspecified atom stereocenters. The number of carbonyl (C=O) groups excluding carboxylic acids is 1. The number of hydrogen-bond acceptors (Lipinski definition) is 4. The van der Waals surface area contributed by atoms with Gasteiger partial charge in [-0.15, -0.1) is 0 Å². The normalized spacial score (nSPS) is 44.0. The van der Waals surface area contributed by atoms with Gasteiger partial charge in [0.25, 0.3) is 0 Å². The molecular formula is C14H24F2O4. The lowest BCUT2D eigenvalue weighted by atomic mass is 10.0. The van der Waals surface area contributed by atoms with E-state index in [9.17, 15) is 13.6 Å². The van der Waals surface area contributed by atoms with E-state index in [-0.39, 0.29) is 24.0 Å². The zero-order valence-corrected chi connectivity index (χ0v) is 12.4. The van der Waals surface area contributed by atoms with E-state index in [2.05, 4.69) is 0 Å². The third-order valence-corrected chi connectivity index (χ3v) is 4.02. The number of aliphatic hydroxyl groups is 1. The number of halogens is 2. The minimum atomic E-state index is -1.40. The van der Waals surface area contributed by atoms with Gasteiger partial charge in [0.15, 0.2) is 12.5 Å². The number of esters is 1. The van der Waals surface area contributed by atoms with Gasteiger partial charge >= 0.3 is 5.97 Å². The highest BCUT2D eigenvalue weighted by molar-refractivity contribution is 5.77. The number of ether oxygens (including phenoxy) is 2. The topological polar surface area (TPSA) is 55.8 Å². The van der Waals surface area contributed by atoms with Crippen LogP contribution in [-0.2, 0) is 14.3 Å². The van der Waals surface area contributed by atoms with E-state index in [0.717, 1.165) is 6.42 Å². The second kappa shape index (κ2) is 7.31. The first-order chi connectivity index (χ1) is 9.33. The van der Waals surface area contributed by atoms with Crippen LogP contribution in [0.15, 0.2) is 0 Å². The fraction of sp³-hybridized carbons (Fsp3) is 0.929. The van der Waals surface area contributed by atoms with Crippen LogP contribution in [0.2, 0.25) is 0 Å². The minimum Gasteiger partial charge on any atom is -0.460 e. The Bertz CT molecular complexity index is 326. The Labute approximate surface area is 118 Å². The predicted octanol–water partition coefficient (Wildman–Crippen LogP) is 2.38. The lowest BCUT2D eigenvalue weighted by Gasteiger charge is -2.10. The Kier molecular flexibility index (Phi) is 6.33. The van der Waals surface area contributed by atoms with E-state index in [1.54, 1.807) is 13.8 Å². The van der Waals surface area contributed by atoms with E-state index < -0.39 is 24.6 Å². The van der Waals surface area contributed by atoms with Crippen molar-refractivity contribution in [2.45, 2.75) is 71.4 Å². The molecule has 0 aliphatic carbocycles. The van der Waals surface area contributed by atoms with Crippen LogP contribution in [0.4, 0.5) is 8.78 Å². The average molecular weight is 294 g/mol. The van der Waals surface area contributed by atoms with E-state index >= 15 is 0 Å². The van der Waals surface area contributed by atoms with Crippen LogP contribution in [0.25, 0.3) is 0 Å². The molecule has 0 saturated carbocycles. The zero-order chi connectivity index (χ0) is 15.4. The van der Waals surface area contributed by atoms with Gasteiger partial charge in [0.05, 0.1) is 6.10 Å². The van der Waals surface area contributed by atoms with E-state index in [1.165, 1.54) is 0 Å². The molecule has 0 radical (unpaired) electrons. The van der Waals surface area contributed by atoms with Gasteiger partial charge in [0, 0.05) is 11.8 Å². The predicted molar refractivity (Wildman–Crippen MR) is 69.5 cm³/mol. The summed E-state index contributed by atoms with van der Waals surface area (Å²) in [6.45, 7) is 7.26. The molecule has 2 rings (SSSR count). The van der Waals surface area contributed by atoms with Gasteiger partial charge in [-0.05, 0) is 12.8 Å². The maximum Gasteiger partial charge on any atom is 0.341 e. The van der Waals surface area contributed by atoms with Gasteiger partial charge in [-0.2, -0.15) is 0 Å². The molecule has 1 N–H and O–H groups in total. The molecule has 2 heterocycles. The molecular weight excluding hydrogens is 270 g/mol. The van der Waals surface area contributed by atoms with Crippen molar-refractivity contribution in [3.63, 3.8) is 0 Å². The quantitative estimate of drug-likeness (QED) is 0.795. The van der Waals surface area contributed by atoms with Crippen molar-refractivity contribution in [1.82, 2.24) is 0 Å². The molecule has 2 fully saturated rings. The lowest BCUT2D eigenvalue weighted by molar-refractivity contribution is -0.145. The highest BCUT2D eigenvalue weighted by Crippen LogP contribution is 2.29. The van der Waals surface area contributed by atoms with Crippen molar-refractivity contribution in [1.29, 1.82) is 0 Å². The molecule has 6 heteroatoms. The van der Waals surface area contributed by atoms with Crippen LogP contribution >= 0.6 is 0 Å². The number of rotatable bonds is 2. The van der Waals surface area contributed by atoms with E-state index in [1.807, 2.05) is 13.8 Å². The maximum absolute atomic E-state index is 12.8. The monoisotopic (exact) mass is 294 g/mol. The zero-order valence-electron chi connectivity index (χ0n) is 12.4. The molecule has 2 saturated heterocycles. The van der Waals surface area contributed by atoms with Crippen LogP contribution in [0, 0.1) is 11.8 Å². The van der Waals surface area contributed by atoms with Gasteiger partial charge in [0.1, 0.15) is 6.10 Å². The fourth-order valence-electron chi connectivity index (χ4n) is 2.49. The van der Waals surface area contributed by atoms with E-state index in [4.69, 9.17) is 14.6 Å². The van der Waals surface area contributed by atoms with Crippen molar-refractivity contribution in [2.75, 3.05) is 0 Å². The summed E-state index contributed by atoms with van der Waals surface area (Å²) in [4.78, 5) is 10.6. The summed E-state index contributed by atoms with van der Waals surface area (Å²) >= 11 is 0. The number of aliphatic hydroxyl groups excluding tert-OH is 1. The summed E-state index contributed by atoms with van der Waals surface area (Å²) in [5.41, 5.74) is 0. The molecule has 0 aromatic rings. The van der Waals surface area contributed by atoms with Crippen LogP contribution in [0.3, 0.4) is 0 Å². The standard InChI is InChI=1S/C7H13FO2.C7H11FO2/c2*1-3-5-4(2)6(8)7(9)10-5/h4-7,9H,3H2,1-2H3;4-6H,3H2,1-2H3/t4-,5-,6-,7?;4-,5-,6-/m11/s1. The highest BCUT2D eigenvalue weighted by atomic mass is 19.1. The van der Waals surface area contributed by atoms with Crippen molar-refractivity contribution >= 4 is 5.97 Å². The van der Waals surface area contributed by atoms with Crippen LogP contribution in [0.5, 0.6) is 0 Å². The molecule has 0 spiro atoms. The Hall–Kier alpha value is -0.750. The Balaban J connectivity index is 0.000000200. The summed E-state index contributed by atoms with van der Waals surface area (Å²) in [5.74, 6) is -1.13. The number of carbonyl (C=O) groups is 1. The minimum absolute atomic E-state index is 0.106. The lowest BCUT2D eigenvalue weighted by Crippen LogP contribution is -2.20. The fourth-order valence-corrected chi connectivity index (χ4v) is 2.49. The number of hydrogen-bond donors (Lipinski definition) is 1.